The predicted octanol–water partition coefficient (Wildman–Crippen LogP) is 4.51. The Bertz CT molecular complexity index is 392. The Balaban J connectivity index is 2.65. The average molecular weight is 275 g/mol. The van der Waals surface area contributed by atoms with E-state index in [-0.39, 0.29) is 0 Å². The summed E-state index contributed by atoms with van der Waals surface area (Å²) in [4.78, 5) is 0. The van der Waals surface area contributed by atoms with E-state index in [4.69, 9.17) is 4.74 Å². The third-order valence-corrected chi connectivity index (χ3v) is 3.32. The Kier molecular flexibility index (Phi) is 8.05. The molecule has 1 rings (SSSR count). The molecule has 0 aliphatic heterocycles. The molecule has 0 unspecified atom stereocenters. The van der Waals surface area contributed by atoms with E-state index < -0.39 is 0 Å². The Morgan fingerprint density at radius 3 is 2.45 bits per heavy atom. The highest BCUT2D eigenvalue weighted by atomic mass is 16.5. The van der Waals surface area contributed by atoms with Crippen LogP contribution in [0, 0.1) is 5.92 Å². The second kappa shape index (κ2) is 9.60. The molecule has 1 aromatic carbocycles. The molecule has 0 amide bonds. The van der Waals surface area contributed by atoms with Gasteiger partial charge >= 0.3 is 0 Å². The molecule has 0 saturated carbocycles. The van der Waals surface area contributed by atoms with Crippen LogP contribution in [0.15, 0.2) is 29.8 Å². The third-order valence-electron chi connectivity index (χ3n) is 3.32. The lowest BCUT2D eigenvalue weighted by atomic mass is 10.00. The van der Waals surface area contributed by atoms with Crippen LogP contribution < -0.4 is 10.1 Å². The Labute approximate surface area is 124 Å². The van der Waals surface area contributed by atoms with Gasteiger partial charge in [-0.2, -0.15) is 0 Å². The maximum atomic E-state index is 5.69. The van der Waals surface area contributed by atoms with Crippen molar-refractivity contribution in [3.63, 3.8) is 0 Å². The summed E-state index contributed by atoms with van der Waals surface area (Å²) in [5.74, 6) is 1.53. The van der Waals surface area contributed by atoms with Gasteiger partial charge in [0.25, 0.3) is 0 Å². The second-order valence-electron chi connectivity index (χ2n) is 5.43. The molecule has 0 saturated heterocycles. The fourth-order valence-corrected chi connectivity index (χ4v) is 1.90. The van der Waals surface area contributed by atoms with E-state index in [9.17, 15) is 0 Å². The van der Waals surface area contributed by atoms with Gasteiger partial charge in [0.2, 0.25) is 0 Å². The lowest BCUT2D eigenvalue weighted by molar-refractivity contribution is 0.309. The topological polar surface area (TPSA) is 21.3 Å². The van der Waals surface area contributed by atoms with E-state index in [2.05, 4.69) is 63.4 Å². The lowest BCUT2D eigenvalue weighted by Gasteiger charge is -2.12. The maximum absolute atomic E-state index is 5.69. The lowest BCUT2D eigenvalue weighted by Crippen LogP contribution is -2.18. The van der Waals surface area contributed by atoms with E-state index in [1.54, 1.807) is 0 Å². The van der Waals surface area contributed by atoms with Crippen molar-refractivity contribution >= 4 is 6.08 Å². The molecule has 112 valence electrons. The fourth-order valence-electron chi connectivity index (χ4n) is 1.90. The molecule has 2 heteroatoms. The summed E-state index contributed by atoms with van der Waals surface area (Å²) in [7, 11) is 0. The number of benzene rings is 1. The molecule has 0 bridgehead atoms. The van der Waals surface area contributed by atoms with Gasteiger partial charge in [0.1, 0.15) is 5.75 Å². The zero-order valence-electron chi connectivity index (χ0n) is 13.4. The van der Waals surface area contributed by atoms with Crippen LogP contribution in [0.25, 0.3) is 6.08 Å². The van der Waals surface area contributed by atoms with Gasteiger partial charge in [-0.3, -0.25) is 0 Å². The van der Waals surface area contributed by atoms with Gasteiger partial charge in [-0.15, -0.1) is 0 Å². The van der Waals surface area contributed by atoms with E-state index in [0.29, 0.717) is 5.92 Å². The van der Waals surface area contributed by atoms with Crippen LogP contribution in [0.1, 0.15) is 46.1 Å². The molecule has 2 nitrogen and oxygen atoms in total. The minimum absolute atomic E-state index is 0.564. The second-order valence-corrected chi connectivity index (χ2v) is 5.43. The number of ether oxygens (including phenoxy) is 1. The van der Waals surface area contributed by atoms with Crippen LogP contribution in [0.2, 0.25) is 0 Å². The minimum atomic E-state index is 0.564. The quantitative estimate of drug-likeness (QED) is 0.669. The smallest absolute Gasteiger partial charge is 0.119 e. The van der Waals surface area contributed by atoms with Gasteiger partial charge in [0, 0.05) is 6.54 Å². The van der Waals surface area contributed by atoms with Crippen molar-refractivity contribution in [2.75, 3.05) is 19.7 Å². The van der Waals surface area contributed by atoms with Crippen molar-refractivity contribution in [3.8, 4) is 5.75 Å². The highest BCUT2D eigenvalue weighted by molar-refractivity contribution is 5.54. The Morgan fingerprint density at radius 1 is 1.20 bits per heavy atom. The monoisotopic (exact) mass is 275 g/mol. The van der Waals surface area contributed by atoms with E-state index in [1.165, 1.54) is 17.6 Å². The molecular formula is C18H29NO. The van der Waals surface area contributed by atoms with Crippen LogP contribution in [0.3, 0.4) is 0 Å². The van der Waals surface area contributed by atoms with Gasteiger partial charge in [-0.1, -0.05) is 57.9 Å². The summed E-state index contributed by atoms with van der Waals surface area (Å²) in [6.07, 6.45) is 4.56. The fraction of sp³-hybridized carbons (Fsp3) is 0.556. The largest absolute Gasteiger partial charge is 0.494 e. The summed E-state index contributed by atoms with van der Waals surface area (Å²) in [6.45, 7) is 11.6. The van der Waals surface area contributed by atoms with Gasteiger partial charge < -0.3 is 10.1 Å². The molecule has 0 aliphatic rings. The summed E-state index contributed by atoms with van der Waals surface area (Å²) < 4.78 is 5.69. The SMILES string of the molecule is CCCCOc1ccc(C=C(CNCC)C(C)C)cc1. The minimum Gasteiger partial charge on any atom is -0.494 e. The first-order valence-corrected chi connectivity index (χ1v) is 7.81. The first-order valence-electron chi connectivity index (χ1n) is 7.81. The zero-order valence-corrected chi connectivity index (χ0v) is 13.4. The highest BCUT2D eigenvalue weighted by Gasteiger charge is 2.03. The highest BCUT2D eigenvalue weighted by Crippen LogP contribution is 2.17. The molecule has 0 atom stereocenters. The molecule has 1 aromatic rings. The molecular weight excluding hydrogens is 246 g/mol. The number of rotatable bonds is 9. The summed E-state index contributed by atoms with van der Waals surface area (Å²) >= 11 is 0. The standard InChI is InChI=1S/C18H29NO/c1-5-7-12-20-18-10-8-16(9-11-18)13-17(15(3)4)14-19-6-2/h8-11,13,15,19H,5-7,12,14H2,1-4H3. The van der Waals surface area contributed by atoms with E-state index in [1.807, 2.05) is 0 Å². The summed E-state index contributed by atoms with van der Waals surface area (Å²) in [5, 5.41) is 3.40. The molecule has 0 heterocycles. The van der Waals surface area contributed by atoms with Crippen LogP contribution in [0.4, 0.5) is 0 Å². The molecule has 1 N–H and O–H groups in total. The molecule has 0 aliphatic carbocycles. The number of hydrogen-bond acceptors (Lipinski definition) is 2. The molecule has 20 heavy (non-hydrogen) atoms. The van der Waals surface area contributed by atoms with Crippen molar-refractivity contribution < 1.29 is 4.74 Å². The van der Waals surface area contributed by atoms with Crippen molar-refractivity contribution in [1.82, 2.24) is 5.32 Å². The molecule has 0 fully saturated rings. The van der Waals surface area contributed by atoms with Crippen molar-refractivity contribution in [2.45, 2.75) is 40.5 Å². The average Bonchev–Trinajstić information content (AvgIpc) is 2.45. The van der Waals surface area contributed by atoms with Gasteiger partial charge in [-0.05, 0) is 36.6 Å². The number of hydrogen-bond donors (Lipinski definition) is 1. The molecule has 0 radical (unpaired) electrons. The molecule has 0 aromatic heterocycles. The van der Waals surface area contributed by atoms with Crippen molar-refractivity contribution in [3.05, 3.63) is 35.4 Å². The van der Waals surface area contributed by atoms with Gasteiger partial charge in [-0.25, -0.2) is 0 Å². The van der Waals surface area contributed by atoms with Crippen LogP contribution >= 0.6 is 0 Å². The Morgan fingerprint density at radius 2 is 1.90 bits per heavy atom. The van der Waals surface area contributed by atoms with Crippen molar-refractivity contribution in [2.24, 2.45) is 5.92 Å². The summed E-state index contributed by atoms with van der Waals surface area (Å²) in [5.41, 5.74) is 2.68. The predicted molar refractivity (Wildman–Crippen MR) is 88.2 cm³/mol. The van der Waals surface area contributed by atoms with E-state index in [0.717, 1.165) is 31.9 Å². The van der Waals surface area contributed by atoms with E-state index >= 15 is 0 Å². The number of unbranched alkanes of at least 4 members (excludes halogenated alkanes) is 1. The maximum Gasteiger partial charge on any atom is 0.119 e. The molecule has 0 spiro atoms. The normalized spacial score (nSPS) is 11.9. The van der Waals surface area contributed by atoms with Crippen LogP contribution in [0.5, 0.6) is 5.75 Å². The first-order chi connectivity index (χ1) is 9.67. The van der Waals surface area contributed by atoms with Crippen molar-refractivity contribution in [1.29, 1.82) is 0 Å². The number of nitrogens with one attached hydrogen (secondary N) is 1. The van der Waals surface area contributed by atoms with Crippen LogP contribution in [-0.2, 0) is 0 Å². The van der Waals surface area contributed by atoms with Gasteiger partial charge in [0.05, 0.1) is 6.61 Å². The first kappa shape index (κ1) is 16.8. The zero-order chi connectivity index (χ0) is 14.8. The van der Waals surface area contributed by atoms with Gasteiger partial charge in [0.15, 0.2) is 0 Å². The van der Waals surface area contributed by atoms with Crippen LogP contribution in [-0.4, -0.2) is 19.7 Å². The Hall–Kier alpha value is -1.28. The summed E-state index contributed by atoms with van der Waals surface area (Å²) in [6, 6.07) is 8.39. The number of likely N-dealkylation sites (N-methyl/N-ethyl adjacent to an activating group) is 1. The third kappa shape index (κ3) is 6.25.